The van der Waals surface area contributed by atoms with Crippen LogP contribution in [0, 0.1) is 0 Å². The molecule has 0 heterocycles. The first-order valence-corrected chi connectivity index (χ1v) is 29.9. The molecule has 0 aromatic rings. The van der Waals surface area contributed by atoms with E-state index in [1.807, 2.05) is 6.08 Å². The van der Waals surface area contributed by atoms with Gasteiger partial charge in [-0.25, -0.2) is 0 Å². The molecule has 0 spiro atoms. The first-order chi connectivity index (χ1) is 33.5. The highest BCUT2D eigenvalue weighted by molar-refractivity contribution is 5.76. The molecule has 0 aromatic carbocycles. The van der Waals surface area contributed by atoms with Crippen molar-refractivity contribution < 1.29 is 24.5 Å². The van der Waals surface area contributed by atoms with Crippen LogP contribution >= 0.6 is 0 Å². The first kappa shape index (κ1) is 65.8. The van der Waals surface area contributed by atoms with Crippen LogP contribution in [0.1, 0.15) is 309 Å². The molecular formula is C62H115NO5. The molecule has 398 valence electrons. The molecule has 0 bridgehead atoms. The topological polar surface area (TPSA) is 95.9 Å². The average molecular weight is 955 g/mol. The summed E-state index contributed by atoms with van der Waals surface area (Å²) in [6.45, 7) is 4.86. The van der Waals surface area contributed by atoms with E-state index in [0.717, 1.165) is 51.4 Å². The Morgan fingerprint density at radius 2 is 0.735 bits per heavy atom. The SMILES string of the molecule is CCCCCCCC/C=C\CCCCCCCC(=O)OCCCCCCCCCCC/C=C\C/C=C\CCCCCCCCCCCCCC(=O)NC(CO)C(O)/C=C/CCCCCCCCC. The summed E-state index contributed by atoms with van der Waals surface area (Å²) < 4.78 is 5.48. The lowest BCUT2D eigenvalue weighted by Crippen LogP contribution is -2.45. The fraction of sp³-hybridized carbons (Fsp3) is 0.839. The highest BCUT2D eigenvalue weighted by Crippen LogP contribution is 2.16. The molecule has 0 aliphatic carbocycles. The van der Waals surface area contributed by atoms with Crippen molar-refractivity contribution >= 4 is 11.9 Å². The second-order valence-corrected chi connectivity index (χ2v) is 20.3. The van der Waals surface area contributed by atoms with E-state index in [0.29, 0.717) is 19.4 Å². The number of hydrogen-bond acceptors (Lipinski definition) is 5. The number of esters is 1. The maximum atomic E-state index is 12.4. The maximum Gasteiger partial charge on any atom is 0.305 e. The van der Waals surface area contributed by atoms with Gasteiger partial charge in [-0.15, -0.1) is 0 Å². The van der Waals surface area contributed by atoms with Gasteiger partial charge in [0.05, 0.1) is 25.4 Å². The second kappa shape index (κ2) is 57.4. The van der Waals surface area contributed by atoms with Gasteiger partial charge in [-0.1, -0.05) is 255 Å². The summed E-state index contributed by atoms with van der Waals surface area (Å²) in [6, 6.07) is -0.629. The molecule has 0 aromatic heterocycles. The Morgan fingerprint density at radius 1 is 0.412 bits per heavy atom. The Hall–Kier alpha value is -2.18. The Morgan fingerprint density at radius 3 is 1.13 bits per heavy atom. The van der Waals surface area contributed by atoms with E-state index in [9.17, 15) is 19.8 Å². The van der Waals surface area contributed by atoms with Gasteiger partial charge in [0.2, 0.25) is 5.91 Å². The number of aliphatic hydroxyl groups is 2. The van der Waals surface area contributed by atoms with Gasteiger partial charge in [-0.2, -0.15) is 0 Å². The van der Waals surface area contributed by atoms with E-state index >= 15 is 0 Å². The van der Waals surface area contributed by atoms with Gasteiger partial charge in [-0.3, -0.25) is 9.59 Å². The normalized spacial score (nSPS) is 12.9. The summed E-state index contributed by atoms with van der Waals surface area (Å²) in [6.07, 6.45) is 73.0. The minimum atomic E-state index is -0.845. The van der Waals surface area contributed by atoms with Gasteiger partial charge < -0.3 is 20.3 Å². The number of allylic oxidation sites excluding steroid dienone is 7. The molecule has 2 atom stereocenters. The van der Waals surface area contributed by atoms with Crippen LogP contribution in [0.25, 0.3) is 0 Å². The molecule has 2 unspecified atom stereocenters. The number of amides is 1. The van der Waals surface area contributed by atoms with E-state index in [4.69, 9.17) is 4.74 Å². The second-order valence-electron chi connectivity index (χ2n) is 20.3. The quantitative estimate of drug-likeness (QED) is 0.0321. The van der Waals surface area contributed by atoms with Crippen LogP contribution < -0.4 is 5.32 Å². The predicted octanol–water partition coefficient (Wildman–Crippen LogP) is 18.6. The van der Waals surface area contributed by atoms with Crippen LogP contribution in [0.3, 0.4) is 0 Å². The summed E-state index contributed by atoms with van der Waals surface area (Å²) in [5.74, 6) is -0.0726. The Bertz CT molecular complexity index is 1150. The van der Waals surface area contributed by atoms with Crippen molar-refractivity contribution in [2.75, 3.05) is 13.2 Å². The van der Waals surface area contributed by atoms with Crippen LogP contribution in [0.5, 0.6) is 0 Å². The molecule has 0 fully saturated rings. The summed E-state index contributed by atoms with van der Waals surface area (Å²) in [5.41, 5.74) is 0. The first-order valence-electron chi connectivity index (χ1n) is 29.9. The van der Waals surface area contributed by atoms with Crippen molar-refractivity contribution in [2.24, 2.45) is 0 Å². The van der Waals surface area contributed by atoms with Crippen molar-refractivity contribution in [2.45, 2.75) is 321 Å². The molecule has 0 aliphatic rings. The number of aliphatic hydroxyl groups excluding tert-OH is 2. The summed E-state index contributed by atoms with van der Waals surface area (Å²) in [5, 5.41) is 22.9. The number of nitrogens with one attached hydrogen (secondary N) is 1. The largest absolute Gasteiger partial charge is 0.466 e. The van der Waals surface area contributed by atoms with Gasteiger partial charge in [0, 0.05) is 12.8 Å². The van der Waals surface area contributed by atoms with E-state index in [1.165, 1.54) is 231 Å². The molecular weight excluding hydrogens is 839 g/mol. The number of rotatable bonds is 55. The molecule has 0 rings (SSSR count). The van der Waals surface area contributed by atoms with Crippen molar-refractivity contribution in [3.05, 3.63) is 48.6 Å². The molecule has 6 nitrogen and oxygen atoms in total. The fourth-order valence-corrected chi connectivity index (χ4v) is 8.95. The third kappa shape index (κ3) is 53.2. The predicted molar refractivity (Wildman–Crippen MR) is 296 cm³/mol. The Balaban J connectivity index is 3.41. The third-order valence-electron chi connectivity index (χ3n) is 13.6. The van der Waals surface area contributed by atoms with Crippen LogP contribution in [0.15, 0.2) is 48.6 Å². The standard InChI is InChI=1S/C62H115NO5/c1-3-5-7-9-11-13-14-15-29-33-36-40-44-48-52-56-62(67)68-57-53-49-45-41-37-34-31-28-26-24-22-20-18-16-17-19-21-23-25-27-30-32-35-39-43-47-51-55-61(66)63-59(58-64)60(65)54-50-46-42-38-12-10-8-6-4-2/h15-17,20,22,29,50,54,59-60,64-65H,3-14,18-19,21,23-28,30-49,51-53,55-58H2,1-2H3,(H,63,66)/b17-16-,22-20-,29-15-,54-50+. The van der Waals surface area contributed by atoms with E-state index < -0.39 is 12.1 Å². The van der Waals surface area contributed by atoms with Gasteiger partial charge >= 0.3 is 5.97 Å². The van der Waals surface area contributed by atoms with Crippen molar-refractivity contribution in [1.29, 1.82) is 0 Å². The zero-order valence-corrected chi connectivity index (χ0v) is 45.3. The monoisotopic (exact) mass is 954 g/mol. The van der Waals surface area contributed by atoms with Crippen LogP contribution in [-0.4, -0.2) is 47.4 Å². The van der Waals surface area contributed by atoms with Crippen LogP contribution in [-0.2, 0) is 14.3 Å². The van der Waals surface area contributed by atoms with Gasteiger partial charge in [-0.05, 0) is 89.9 Å². The molecule has 0 saturated heterocycles. The maximum absolute atomic E-state index is 12.4. The third-order valence-corrected chi connectivity index (χ3v) is 13.6. The highest BCUT2D eigenvalue weighted by atomic mass is 16.5. The Labute approximate surface area is 423 Å². The van der Waals surface area contributed by atoms with Crippen LogP contribution in [0.4, 0.5) is 0 Å². The zero-order valence-electron chi connectivity index (χ0n) is 45.3. The number of hydrogen-bond donors (Lipinski definition) is 3. The molecule has 0 aliphatic heterocycles. The van der Waals surface area contributed by atoms with Crippen molar-refractivity contribution in [3.63, 3.8) is 0 Å². The van der Waals surface area contributed by atoms with Gasteiger partial charge in [0.1, 0.15) is 0 Å². The zero-order chi connectivity index (χ0) is 49.3. The molecule has 68 heavy (non-hydrogen) atoms. The number of carbonyl (C=O) groups excluding carboxylic acids is 2. The summed E-state index contributed by atoms with van der Waals surface area (Å²) >= 11 is 0. The van der Waals surface area contributed by atoms with Crippen molar-refractivity contribution in [3.8, 4) is 0 Å². The lowest BCUT2D eigenvalue weighted by Gasteiger charge is -2.20. The fourth-order valence-electron chi connectivity index (χ4n) is 8.95. The molecule has 1 amide bonds. The minimum absolute atomic E-state index is 0.00172. The molecule has 3 N–H and O–H groups in total. The molecule has 0 radical (unpaired) electrons. The van der Waals surface area contributed by atoms with Crippen molar-refractivity contribution in [1.82, 2.24) is 5.32 Å². The minimum Gasteiger partial charge on any atom is -0.466 e. The number of ether oxygens (including phenoxy) is 1. The Kier molecular flexibility index (Phi) is 55.6. The highest BCUT2D eigenvalue weighted by Gasteiger charge is 2.18. The van der Waals surface area contributed by atoms with E-state index in [1.54, 1.807) is 6.08 Å². The van der Waals surface area contributed by atoms with E-state index in [2.05, 4.69) is 55.6 Å². The lowest BCUT2D eigenvalue weighted by atomic mass is 10.0. The summed E-state index contributed by atoms with van der Waals surface area (Å²) in [7, 11) is 0. The average Bonchev–Trinajstić information content (AvgIpc) is 3.34. The number of unbranched alkanes of at least 4 members (excludes halogenated alkanes) is 38. The van der Waals surface area contributed by atoms with Gasteiger partial charge in [0.25, 0.3) is 0 Å². The lowest BCUT2D eigenvalue weighted by molar-refractivity contribution is -0.143. The molecule has 6 heteroatoms. The summed E-state index contributed by atoms with van der Waals surface area (Å²) in [4.78, 5) is 24.4. The smallest absolute Gasteiger partial charge is 0.305 e. The van der Waals surface area contributed by atoms with E-state index in [-0.39, 0.29) is 18.5 Å². The van der Waals surface area contributed by atoms with Gasteiger partial charge in [0.15, 0.2) is 0 Å². The number of carbonyl (C=O) groups is 2. The molecule has 0 saturated carbocycles. The van der Waals surface area contributed by atoms with Crippen LogP contribution in [0.2, 0.25) is 0 Å².